The molecule has 1 N–H and O–H groups in total. The fourth-order valence-corrected chi connectivity index (χ4v) is 2.10. The molecule has 3 nitrogen and oxygen atoms in total. The maximum Gasteiger partial charge on any atom is 0.0746 e. The molecule has 102 valence electrons. The lowest BCUT2D eigenvalue weighted by Gasteiger charge is -2.07. The van der Waals surface area contributed by atoms with Crippen LogP contribution in [-0.2, 0) is 11.3 Å². The molecule has 0 fully saturated rings. The highest BCUT2D eigenvalue weighted by Gasteiger charge is 2.00. The Hall–Kier alpha value is -1.16. The molecule has 0 unspecified atom stereocenters. The van der Waals surface area contributed by atoms with Gasteiger partial charge in [0.25, 0.3) is 0 Å². The average molecular weight is 279 g/mol. The number of alkyl halides is 1. The van der Waals surface area contributed by atoms with E-state index in [-0.39, 0.29) is 0 Å². The Morgan fingerprint density at radius 3 is 2.95 bits per heavy atom. The summed E-state index contributed by atoms with van der Waals surface area (Å²) in [4.78, 5) is 4.44. The van der Waals surface area contributed by atoms with E-state index >= 15 is 0 Å². The summed E-state index contributed by atoms with van der Waals surface area (Å²) >= 11 is 5.53. The zero-order chi connectivity index (χ0) is 13.3. The Labute approximate surface area is 118 Å². The molecule has 0 bridgehead atoms. The topological polar surface area (TPSA) is 34.1 Å². The fraction of sp³-hybridized carbons (Fsp3) is 0.400. The Morgan fingerprint density at radius 2 is 2.05 bits per heavy atom. The van der Waals surface area contributed by atoms with Gasteiger partial charge in [0.2, 0.25) is 0 Å². The molecule has 0 aliphatic heterocycles. The minimum atomic E-state index is 0.565. The summed E-state index contributed by atoms with van der Waals surface area (Å²) in [5.74, 6) is 0.565. The summed E-state index contributed by atoms with van der Waals surface area (Å²) in [6.07, 6.45) is 2.83. The fourth-order valence-electron chi connectivity index (χ4n) is 1.99. The molecule has 0 saturated heterocycles. The normalized spacial score (nSPS) is 11.0. The van der Waals surface area contributed by atoms with Gasteiger partial charge in [0.1, 0.15) is 0 Å². The van der Waals surface area contributed by atoms with Crippen molar-refractivity contribution >= 4 is 22.5 Å². The molecule has 0 atom stereocenters. The van der Waals surface area contributed by atoms with E-state index in [1.165, 1.54) is 10.9 Å². The summed E-state index contributed by atoms with van der Waals surface area (Å²) < 4.78 is 5.32. The van der Waals surface area contributed by atoms with Crippen LogP contribution in [0.15, 0.2) is 36.5 Å². The van der Waals surface area contributed by atoms with E-state index in [0.29, 0.717) is 12.5 Å². The van der Waals surface area contributed by atoms with Gasteiger partial charge in [0, 0.05) is 30.6 Å². The highest BCUT2D eigenvalue weighted by atomic mass is 35.5. The van der Waals surface area contributed by atoms with Crippen molar-refractivity contribution in [1.82, 2.24) is 10.3 Å². The quantitative estimate of drug-likeness (QED) is 0.595. The highest BCUT2D eigenvalue weighted by molar-refractivity contribution is 6.17. The Balaban J connectivity index is 1.78. The summed E-state index contributed by atoms with van der Waals surface area (Å²) in [6, 6.07) is 10.3. The molecular formula is C15H19ClN2O. The number of rotatable bonds is 8. The lowest BCUT2D eigenvalue weighted by Crippen LogP contribution is -2.17. The van der Waals surface area contributed by atoms with Gasteiger partial charge in [-0.05, 0) is 24.6 Å². The first-order valence-electron chi connectivity index (χ1n) is 6.59. The number of pyridine rings is 1. The third-order valence-corrected chi connectivity index (χ3v) is 3.05. The number of ether oxygens (including phenoxy) is 1. The monoisotopic (exact) mass is 278 g/mol. The standard InChI is InChI=1S/C15H19ClN2O/c16-7-11-19-10-3-8-17-12-14-5-1-4-13-6-2-9-18-15(13)14/h1-2,4-6,9,17H,3,7-8,10-12H2. The summed E-state index contributed by atoms with van der Waals surface area (Å²) in [5, 5.41) is 4.61. The average Bonchev–Trinajstić information content (AvgIpc) is 2.46. The third kappa shape index (κ3) is 4.46. The molecule has 2 aromatic rings. The van der Waals surface area contributed by atoms with Crippen LogP contribution in [0.5, 0.6) is 0 Å². The molecule has 4 heteroatoms. The lowest BCUT2D eigenvalue weighted by atomic mass is 10.1. The lowest BCUT2D eigenvalue weighted by molar-refractivity contribution is 0.146. The number of benzene rings is 1. The van der Waals surface area contributed by atoms with E-state index in [4.69, 9.17) is 16.3 Å². The number of aromatic nitrogens is 1. The van der Waals surface area contributed by atoms with E-state index in [1.807, 2.05) is 12.3 Å². The minimum absolute atomic E-state index is 0.565. The summed E-state index contributed by atoms with van der Waals surface area (Å²) in [6.45, 7) is 3.16. The van der Waals surface area contributed by atoms with Gasteiger partial charge in [-0.15, -0.1) is 11.6 Å². The second kappa shape index (κ2) is 8.10. The van der Waals surface area contributed by atoms with Gasteiger partial charge in [-0.1, -0.05) is 24.3 Å². The number of fused-ring (bicyclic) bond motifs is 1. The number of nitrogens with zero attached hydrogens (tertiary/aromatic N) is 1. The van der Waals surface area contributed by atoms with Crippen LogP contribution in [0.2, 0.25) is 0 Å². The zero-order valence-corrected chi connectivity index (χ0v) is 11.7. The van der Waals surface area contributed by atoms with Crippen LogP contribution in [0.25, 0.3) is 10.9 Å². The Kier molecular flexibility index (Phi) is 6.08. The van der Waals surface area contributed by atoms with E-state index in [1.54, 1.807) is 0 Å². The van der Waals surface area contributed by atoms with Crippen molar-refractivity contribution in [3.8, 4) is 0 Å². The van der Waals surface area contributed by atoms with Crippen LogP contribution in [0.4, 0.5) is 0 Å². The van der Waals surface area contributed by atoms with E-state index in [9.17, 15) is 0 Å². The number of nitrogens with one attached hydrogen (secondary N) is 1. The predicted molar refractivity (Wildman–Crippen MR) is 79.6 cm³/mol. The van der Waals surface area contributed by atoms with Crippen molar-refractivity contribution in [3.05, 3.63) is 42.1 Å². The largest absolute Gasteiger partial charge is 0.380 e. The van der Waals surface area contributed by atoms with E-state index in [2.05, 4.69) is 34.6 Å². The molecule has 1 heterocycles. The molecule has 0 radical (unpaired) electrons. The second-order valence-corrected chi connectivity index (χ2v) is 4.70. The van der Waals surface area contributed by atoms with Crippen molar-refractivity contribution < 1.29 is 4.74 Å². The Morgan fingerprint density at radius 1 is 1.16 bits per heavy atom. The van der Waals surface area contributed by atoms with Gasteiger partial charge < -0.3 is 10.1 Å². The highest BCUT2D eigenvalue weighted by Crippen LogP contribution is 2.15. The van der Waals surface area contributed by atoms with Gasteiger partial charge in [0.15, 0.2) is 0 Å². The molecule has 0 spiro atoms. The maximum atomic E-state index is 5.53. The van der Waals surface area contributed by atoms with Crippen LogP contribution in [0.1, 0.15) is 12.0 Å². The first-order chi connectivity index (χ1) is 9.42. The number of hydrogen-bond donors (Lipinski definition) is 1. The van der Waals surface area contributed by atoms with Crippen molar-refractivity contribution in [2.24, 2.45) is 0 Å². The van der Waals surface area contributed by atoms with Crippen molar-refractivity contribution in [2.75, 3.05) is 25.6 Å². The smallest absolute Gasteiger partial charge is 0.0746 e. The molecule has 0 amide bonds. The number of para-hydroxylation sites is 1. The molecule has 19 heavy (non-hydrogen) atoms. The van der Waals surface area contributed by atoms with Gasteiger partial charge in [0.05, 0.1) is 12.1 Å². The molecule has 0 aliphatic rings. The number of halogens is 1. The molecule has 2 rings (SSSR count). The SMILES string of the molecule is ClCCOCCCNCc1cccc2cccnc12. The molecule has 1 aromatic carbocycles. The Bertz CT molecular complexity index is 499. The van der Waals surface area contributed by atoms with Crippen molar-refractivity contribution in [2.45, 2.75) is 13.0 Å². The van der Waals surface area contributed by atoms with Gasteiger partial charge >= 0.3 is 0 Å². The molecule has 1 aromatic heterocycles. The predicted octanol–water partition coefficient (Wildman–Crippen LogP) is 2.97. The summed E-state index contributed by atoms with van der Waals surface area (Å²) in [5.41, 5.74) is 2.32. The minimum Gasteiger partial charge on any atom is -0.380 e. The van der Waals surface area contributed by atoms with Crippen LogP contribution in [0.3, 0.4) is 0 Å². The van der Waals surface area contributed by atoms with E-state index in [0.717, 1.165) is 31.6 Å². The zero-order valence-electron chi connectivity index (χ0n) is 10.9. The van der Waals surface area contributed by atoms with E-state index < -0.39 is 0 Å². The van der Waals surface area contributed by atoms with Crippen LogP contribution >= 0.6 is 11.6 Å². The summed E-state index contributed by atoms with van der Waals surface area (Å²) in [7, 11) is 0. The maximum absolute atomic E-state index is 5.53. The van der Waals surface area contributed by atoms with Gasteiger partial charge in [-0.3, -0.25) is 4.98 Å². The van der Waals surface area contributed by atoms with Crippen molar-refractivity contribution in [3.63, 3.8) is 0 Å². The second-order valence-electron chi connectivity index (χ2n) is 4.32. The van der Waals surface area contributed by atoms with Gasteiger partial charge in [-0.2, -0.15) is 0 Å². The van der Waals surface area contributed by atoms with Crippen LogP contribution in [0, 0.1) is 0 Å². The molecular weight excluding hydrogens is 260 g/mol. The first-order valence-corrected chi connectivity index (χ1v) is 7.12. The van der Waals surface area contributed by atoms with Crippen molar-refractivity contribution in [1.29, 1.82) is 0 Å². The third-order valence-electron chi connectivity index (χ3n) is 2.90. The number of hydrogen-bond acceptors (Lipinski definition) is 3. The molecule has 0 saturated carbocycles. The van der Waals surface area contributed by atoms with Gasteiger partial charge in [-0.25, -0.2) is 0 Å². The molecule has 0 aliphatic carbocycles. The van der Waals surface area contributed by atoms with Crippen LogP contribution < -0.4 is 5.32 Å². The first kappa shape index (κ1) is 14.3. The van der Waals surface area contributed by atoms with Crippen LogP contribution in [-0.4, -0.2) is 30.6 Å².